The fourth-order valence-electron chi connectivity index (χ4n) is 5.56. The fourth-order valence-corrected chi connectivity index (χ4v) is 7.80. The molecule has 1 heterocycles. The van der Waals surface area contributed by atoms with Crippen LogP contribution in [0.15, 0.2) is 82.1 Å². The number of fused-ring (bicyclic) bond motifs is 2. The SMILES string of the molecule is CC(C)CCC1(C)C(=O)C(C2=NS(=O)(=O)c3cc(NS(=O)(=O)N(Cc4ccccc4)C(=O)O)ccc3N2)C(=O)c2ccccc21. The van der Waals surface area contributed by atoms with Crippen LogP contribution in [-0.2, 0) is 37.0 Å². The van der Waals surface area contributed by atoms with Gasteiger partial charge in [0.1, 0.15) is 16.6 Å². The van der Waals surface area contributed by atoms with Gasteiger partial charge in [-0.15, -0.1) is 4.40 Å². The van der Waals surface area contributed by atoms with Crippen LogP contribution in [0.2, 0.25) is 0 Å². The van der Waals surface area contributed by atoms with Crippen LogP contribution in [0.3, 0.4) is 0 Å². The van der Waals surface area contributed by atoms with Gasteiger partial charge in [0.2, 0.25) is 0 Å². The Balaban J connectivity index is 1.47. The number of sulfonamides is 1. The number of ketones is 2. The van der Waals surface area contributed by atoms with Crippen LogP contribution in [0.5, 0.6) is 0 Å². The molecule has 2 aliphatic rings. The summed E-state index contributed by atoms with van der Waals surface area (Å²) in [6.07, 6.45) is -0.596. The maximum Gasteiger partial charge on any atom is 0.422 e. The van der Waals surface area contributed by atoms with Crippen LogP contribution in [0.4, 0.5) is 16.2 Å². The number of nitrogens with one attached hydrogen (secondary N) is 2. The lowest BCUT2D eigenvalue weighted by atomic mass is 9.63. The van der Waals surface area contributed by atoms with Crippen LogP contribution in [0.1, 0.15) is 55.1 Å². The molecule has 2 unspecified atom stereocenters. The number of benzene rings is 3. The first kappa shape index (κ1) is 31.9. The lowest BCUT2D eigenvalue weighted by Gasteiger charge is -2.39. The molecule has 1 amide bonds. The Labute approximate surface area is 261 Å². The third kappa shape index (κ3) is 6.07. The minimum absolute atomic E-state index is 0.0225. The molecule has 0 fully saturated rings. The van der Waals surface area contributed by atoms with Crippen molar-refractivity contribution in [2.45, 2.75) is 50.5 Å². The summed E-state index contributed by atoms with van der Waals surface area (Å²) in [4.78, 5) is 39.1. The highest BCUT2D eigenvalue weighted by Crippen LogP contribution is 2.43. The van der Waals surface area contributed by atoms with Crippen molar-refractivity contribution in [3.63, 3.8) is 0 Å². The highest BCUT2D eigenvalue weighted by molar-refractivity contribution is 7.91. The Bertz CT molecular complexity index is 1940. The fraction of sp³-hybridized carbons (Fsp3) is 0.290. The monoisotopic (exact) mass is 652 g/mol. The van der Waals surface area contributed by atoms with E-state index in [9.17, 15) is 36.3 Å². The average Bonchev–Trinajstić information content (AvgIpc) is 2.98. The van der Waals surface area contributed by atoms with Crippen LogP contribution in [0.25, 0.3) is 0 Å². The molecule has 1 aliphatic heterocycles. The summed E-state index contributed by atoms with van der Waals surface area (Å²) < 4.78 is 59.0. The highest BCUT2D eigenvalue weighted by atomic mass is 32.2. The van der Waals surface area contributed by atoms with E-state index in [0.717, 1.165) is 6.07 Å². The van der Waals surface area contributed by atoms with Gasteiger partial charge in [-0.1, -0.05) is 68.4 Å². The van der Waals surface area contributed by atoms with Gasteiger partial charge in [-0.2, -0.15) is 21.1 Å². The number of amides is 1. The van der Waals surface area contributed by atoms with Gasteiger partial charge in [-0.3, -0.25) is 14.3 Å². The van der Waals surface area contributed by atoms with Gasteiger partial charge in [0.15, 0.2) is 11.6 Å². The summed E-state index contributed by atoms with van der Waals surface area (Å²) in [5.41, 5.74) is 0.00767. The molecule has 2 atom stereocenters. The maximum atomic E-state index is 14.1. The lowest BCUT2D eigenvalue weighted by molar-refractivity contribution is -0.125. The molecular weight excluding hydrogens is 620 g/mol. The minimum Gasteiger partial charge on any atom is -0.464 e. The van der Waals surface area contributed by atoms with Gasteiger partial charge in [0.05, 0.1) is 23.3 Å². The molecule has 3 aromatic carbocycles. The standard InChI is InChI=1S/C31H32N4O8S2/c1-19(2)15-16-31(3)23-12-8-7-11-22(23)27(36)26(28(31)37)29-32-24-14-13-21(17-25(24)44(40,41)34-29)33-45(42,43)35(30(38)39)18-20-9-5-4-6-10-20/h4-14,17,19,26,33H,15-16,18H2,1-3H3,(H,32,34)(H,38,39). The Kier molecular flexibility index (Phi) is 8.31. The number of carboxylic acid groups (broad SMARTS) is 1. The van der Waals surface area contributed by atoms with Crippen molar-refractivity contribution in [1.29, 1.82) is 0 Å². The molecule has 0 aromatic heterocycles. The molecule has 0 saturated carbocycles. The van der Waals surface area contributed by atoms with E-state index in [1.54, 1.807) is 61.5 Å². The summed E-state index contributed by atoms with van der Waals surface area (Å²) in [7, 11) is -9.22. The number of hydrogen-bond acceptors (Lipinski definition) is 8. The Morgan fingerprint density at radius 2 is 1.73 bits per heavy atom. The largest absolute Gasteiger partial charge is 0.464 e. The molecule has 14 heteroatoms. The molecule has 12 nitrogen and oxygen atoms in total. The highest BCUT2D eigenvalue weighted by Gasteiger charge is 2.51. The van der Waals surface area contributed by atoms with Crippen molar-refractivity contribution < 1.29 is 36.3 Å². The van der Waals surface area contributed by atoms with Crippen LogP contribution in [-0.4, -0.2) is 49.7 Å². The van der Waals surface area contributed by atoms with Crippen molar-refractivity contribution >= 4 is 55.1 Å². The van der Waals surface area contributed by atoms with Gasteiger partial charge in [0.25, 0.3) is 10.0 Å². The van der Waals surface area contributed by atoms with Crippen molar-refractivity contribution in [2.75, 3.05) is 10.0 Å². The molecular formula is C31H32N4O8S2. The van der Waals surface area contributed by atoms with Crippen LogP contribution in [0, 0.1) is 11.8 Å². The van der Waals surface area contributed by atoms with Gasteiger partial charge < -0.3 is 10.4 Å². The van der Waals surface area contributed by atoms with E-state index >= 15 is 0 Å². The second-order valence-corrected chi connectivity index (χ2v) is 14.8. The predicted molar refractivity (Wildman–Crippen MR) is 168 cm³/mol. The zero-order chi connectivity index (χ0) is 32.7. The number of carbonyl (C=O) groups is 3. The summed E-state index contributed by atoms with van der Waals surface area (Å²) in [6, 6.07) is 18.4. The number of nitrogens with zero attached hydrogens (tertiary/aromatic N) is 2. The molecule has 1 aliphatic carbocycles. The van der Waals surface area contributed by atoms with E-state index in [4.69, 9.17) is 0 Å². The predicted octanol–water partition coefficient (Wildman–Crippen LogP) is 4.81. The summed E-state index contributed by atoms with van der Waals surface area (Å²) in [5.74, 6) is -2.59. The summed E-state index contributed by atoms with van der Waals surface area (Å²) in [6.45, 7) is 5.33. The second-order valence-electron chi connectivity index (χ2n) is 11.6. The first-order valence-electron chi connectivity index (χ1n) is 14.2. The smallest absolute Gasteiger partial charge is 0.422 e. The third-order valence-corrected chi connectivity index (χ3v) is 10.7. The number of carbonyl (C=O) groups excluding carboxylic acids is 2. The van der Waals surface area contributed by atoms with E-state index in [0.29, 0.717) is 29.5 Å². The number of Topliss-reactive ketones (excluding diaryl/α,β-unsaturated/α-hetero) is 2. The molecule has 3 aromatic rings. The Hall–Kier alpha value is -4.56. The normalized spacial score (nSPS) is 20.4. The molecule has 0 saturated heterocycles. The molecule has 0 bridgehead atoms. The van der Waals surface area contributed by atoms with E-state index in [1.807, 2.05) is 13.8 Å². The number of rotatable bonds is 9. The number of anilines is 2. The van der Waals surface area contributed by atoms with Gasteiger partial charge in [-0.25, -0.2) is 4.79 Å². The van der Waals surface area contributed by atoms with Crippen LogP contribution >= 0.6 is 0 Å². The zero-order valence-corrected chi connectivity index (χ0v) is 26.4. The first-order valence-corrected chi connectivity index (χ1v) is 17.0. The van der Waals surface area contributed by atoms with E-state index in [2.05, 4.69) is 14.4 Å². The van der Waals surface area contributed by atoms with E-state index < -0.39 is 60.7 Å². The Morgan fingerprint density at radius 3 is 2.40 bits per heavy atom. The third-order valence-electron chi connectivity index (χ3n) is 8.01. The van der Waals surface area contributed by atoms with Crippen molar-refractivity contribution in [3.8, 4) is 0 Å². The van der Waals surface area contributed by atoms with Gasteiger partial charge in [-0.05, 0) is 55.0 Å². The number of hydrogen-bond donors (Lipinski definition) is 3. The number of amidine groups is 1. The summed E-state index contributed by atoms with van der Waals surface area (Å²) >= 11 is 0. The zero-order valence-electron chi connectivity index (χ0n) is 24.7. The molecule has 236 valence electrons. The van der Waals surface area contributed by atoms with Gasteiger partial charge in [0, 0.05) is 5.56 Å². The first-order chi connectivity index (χ1) is 21.1. The molecule has 0 spiro atoms. The average molecular weight is 653 g/mol. The topological polar surface area (TPSA) is 179 Å². The lowest BCUT2D eigenvalue weighted by Crippen LogP contribution is -2.51. The molecule has 3 N–H and O–H groups in total. The second kappa shape index (κ2) is 11.7. The maximum absolute atomic E-state index is 14.1. The molecule has 0 radical (unpaired) electrons. The molecule has 45 heavy (non-hydrogen) atoms. The van der Waals surface area contributed by atoms with Crippen molar-refractivity contribution in [1.82, 2.24) is 4.31 Å². The van der Waals surface area contributed by atoms with Crippen molar-refractivity contribution in [3.05, 3.63) is 89.5 Å². The van der Waals surface area contributed by atoms with E-state index in [-0.39, 0.29) is 27.4 Å². The van der Waals surface area contributed by atoms with Gasteiger partial charge >= 0.3 is 16.3 Å². The Morgan fingerprint density at radius 1 is 1.07 bits per heavy atom. The van der Waals surface area contributed by atoms with E-state index in [1.165, 1.54) is 12.1 Å². The van der Waals surface area contributed by atoms with Crippen LogP contribution < -0.4 is 10.0 Å². The minimum atomic E-state index is -4.69. The quantitative estimate of drug-likeness (QED) is 0.274. The summed E-state index contributed by atoms with van der Waals surface area (Å²) in [5, 5.41) is 12.4. The molecule has 5 rings (SSSR count). The van der Waals surface area contributed by atoms with Crippen molar-refractivity contribution in [2.24, 2.45) is 16.2 Å².